The maximum atomic E-state index is 6.16. The normalized spacial score (nSPS) is 12.9. The van der Waals surface area contributed by atoms with Crippen LogP contribution in [-0.4, -0.2) is 38.8 Å². The molecule has 102 valence electrons. The highest BCUT2D eigenvalue weighted by Gasteiger charge is 2.10. The number of nitrogens with two attached hydrogens (primary N) is 1. The number of benzene rings is 1. The van der Waals surface area contributed by atoms with Crippen LogP contribution in [0.1, 0.15) is 24.4 Å². The van der Waals surface area contributed by atoms with E-state index >= 15 is 0 Å². The van der Waals surface area contributed by atoms with E-state index in [-0.39, 0.29) is 6.04 Å². The van der Waals surface area contributed by atoms with E-state index in [1.165, 1.54) is 0 Å². The Morgan fingerprint density at radius 1 is 1.33 bits per heavy atom. The van der Waals surface area contributed by atoms with Crippen LogP contribution in [0.2, 0.25) is 5.02 Å². The van der Waals surface area contributed by atoms with Gasteiger partial charge in [0.1, 0.15) is 0 Å². The summed E-state index contributed by atoms with van der Waals surface area (Å²) in [7, 11) is 3.84. The zero-order valence-corrected chi connectivity index (χ0v) is 12.0. The number of halogens is 1. The summed E-state index contributed by atoms with van der Waals surface area (Å²) < 4.78 is 5.03. The van der Waals surface area contributed by atoms with Crippen molar-refractivity contribution in [2.75, 3.05) is 33.9 Å². The zero-order valence-electron chi connectivity index (χ0n) is 11.2. The molecule has 1 aromatic carbocycles. The minimum atomic E-state index is 0.00331. The lowest BCUT2D eigenvalue weighted by Crippen LogP contribution is -2.25. The Balaban J connectivity index is 2.32. The topological polar surface area (TPSA) is 38.5 Å². The summed E-state index contributed by atoms with van der Waals surface area (Å²) in [5, 5.41) is 0.757. The molecule has 4 heteroatoms. The molecule has 0 saturated heterocycles. The van der Waals surface area contributed by atoms with Crippen molar-refractivity contribution in [1.29, 1.82) is 0 Å². The second kappa shape index (κ2) is 8.48. The van der Waals surface area contributed by atoms with Gasteiger partial charge in [-0.2, -0.15) is 0 Å². The van der Waals surface area contributed by atoms with Crippen LogP contribution in [0.3, 0.4) is 0 Å². The average molecular weight is 271 g/mol. The van der Waals surface area contributed by atoms with Crippen LogP contribution < -0.4 is 5.73 Å². The highest BCUT2D eigenvalue weighted by atomic mass is 35.5. The van der Waals surface area contributed by atoms with Gasteiger partial charge in [0, 0.05) is 31.3 Å². The molecular formula is C14H23ClN2O. The smallest absolute Gasteiger partial charge is 0.0474 e. The standard InChI is InChI=1S/C14H23ClN2O/c1-17(9-5-11-18-2)10-8-14(16)12-6-3-4-7-13(12)15/h3-4,6-7,14H,5,8-11,16H2,1-2H3. The summed E-state index contributed by atoms with van der Waals surface area (Å²) in [5.74, 6) is 0. The SMILES string of the molecule is COCCCN(C)CCC(N)c1ccccc1Cl. The van der Waals surface area contributed by atoms with E-state index in [1.807, 2.05) is 24.3 Å². The van der Waals surface area contributed by atoms with Crippen LogP contribution in [0.15, 0.2) is 24.3 Å². The van der Waals surface area contributed by atoms with Crippen molar-refractivity contribution in [3.63, 3.8) is 0 Å². The van der Waals surface area contributed by atoms with Crippen LogP contribution in [-0.2, 0) is 4.74 Å². The quantitative estimate of drug-likeness (QED) is 0.738. The number of hydrogen-bond acceptors (Lipinski definition) is 3. The van der Waals surface area contributed by atoms with Crippen molar-refractivity contribution in [1.82, 2.24) is 4.90 Å². The molecule has 0 aliphatic carbocycles. The third-order valence-corrected chi connectivity index (χ3v) is 3.36. The van der Waals surface area contributed by atoms with Gasteiger partial charge in [0.15, 0.2) is 0 Å². The molecule has 1 aromatic rings. The van der Waals surface area contributed by atoms with E-state index < -0.39 is 0 Å². The summed E-state index contributed by atoms with van der Waals surface area (Å²) in [6, 6.07) is 7.79. The first-order chi connectivity index (χ1) is 8.65. The highest BCUT2D eigenvalue weighted by Crippen LogP contribution is 2.23. The molecule has 0 radical (unpaired) electrons. The molecule has 0 aliphatic rings. The van der Waals surface area contributed by atoms with E-state index in [0.717, 1.165) is 43.1 Å². The van der Waals surface area contributed by atoms with E-state index in [1.54, 1.807) is 7.11 Å². The van der Waals surface area contributed by atoms with Crippen LogP contribution >= 0.6 is 11.6 Å². The number of methoxy groups -OCH3 is 1. The largest absolute Gasteiger partial charge is 0.385 e. The van der Waals surface area contributed by atoms with Crippen LogP contribution in [0, 0.1) is 0 Å². The highest BCUT2D eigenvalue weighted by molar-refractivity contribution is 6.31. The Labute approximate surface area is 115 Å². The Bertz CT molecular complexity index is 346. The van der Waals surface area contributed by atoms with Gasteiger partial charge in [-0.05, 0) is 38.1 Å². The fourth-order valence-corrected chi connectivity index (χ4v) is 2.16. The summed E-state index contributed by atoms with van der Waals surface area (Å²) in [5.41, 5.74) is 7.20. The summed E-state index contributed by atoms with van der Waals surface area (Å²) in [6.07, 6.45) is 1.96. The molecule has 0 bridgehead atoms. The molecule has 2 N–H and O–H groups in total. The van der Waals surface area contributed by atoms with Gasteiger partial charge in [-0.25, -0.2) is 0 Å². The number of rotatable bonds is 8. The Morgan fingerprint density at radius 3 is 2.72 bits per heavy atom. The van der Waals surface area contributed by atoms with E-state index in [0.29, 0.717) is 0 Å². The average Bonchev–Trinajstić information content (AvgIpc) is 2.37. The van der Waals surface area contributed by atoms with Gasteiger partial charge < -0.3 is 15.4 Å². The van der Waals surface area contributed by atoms with Crippen molar-refractivity contribution in [3.05, 3.63) is 34.9 Å². The lowest BCUT2D eigenvalue weighted by Gasteiger charge is -2.20. The summed E-state index contributed by atoms with van der Waals surface area (Å²) in [6.45, 7) is 2.81. The second-order valence-corrected chi connectivity index (χ2v) is 4.97. The van der Waals surface area contributed by atoms with E-state index in [9.17, 15) is 0 Å². The minimum Gasteiger partial charge on any atom is -0.385 e. The van der Waals surface area contributed by atoms with Gasteiger partial charge in [-0.3, -0.25) is 0 Å². The molecule has 18 heavy (non-hydrogen) atoms. The number of hydrogen-bond donors (Lipinski definition) is 1. The van der Waals surface area contributed by atoms with Gasteiger partial charge in [0.25, 0.3) is 0 Å². The van der Waals surface area contributed by atoms with Gasteiger partial charge in [0.2, 0.25) is 0 Å². The van der Waals surface area contributed by atoms with Crippen molar-refractivity contribution < 1.29 is 4.74 Å². The number of nitrogens with zero attached hydrogens (tertiary/aromatic N) is 1. The first-order valence-corrected chi connectivity index (χ1v) is 6.70. The molecule has 1 atom stereocenters. The molecular weight excluding hydrogens is 248 g/mol. The molecule has 0 amide bonds. The predicted molar refractivity (Wildman–Crippen MR) is 77.0 cm³/mol. The Hall–Kier alpha value is -0.610. The summed E-state index contributed by atoms with van der Waals surface area (Å²) >= 11 is 6.13. The van der Waals surface area contributed by atoms with Gasteiger partial charge in [-0.1, -0.05) is 29.8 Å². The van der Waals surface area contributed by atoms with Crippen molar-refractivity contribution in [3.8, 4) is 0 Å². The molecule has 0 aromatic heterocycles. The lowest BCUT2D eigenvalue weighted by atomic mass is 10.0. The van der Waals surface area contributed by atoms with Crippen molar-refractivity contribution >= 4 is 11.6 Å². The third-order valence-electron chi connectivity index (χ3n) is 3.01. The predicted octanol–water partition coefficient (Wildman–Crippen LogP) is 2.70. The maximum absolute atomic E-state index is 6.16. The maximum Gasteiger partial charge on any atom is 0.0474 e. The van der Waals surface area contributed by atoms with E-state index in [2.05, 4.69) is 11.9 Å². The zero-order chi connectivity index (χ0) is 13.4. The van der Waals surface area contributed by atoms with Gasteiger partial charge in [0.05, 0.1) is 0 Å². The van der Waals surface area contributed by atoms with Crippen molar-refractivity contribution in [2.45, 2.75) is 18.9 Å². The molecule has 0 aliphatic heterocycles. The van der Waals surface area contributed by atoms with Gasteiger partial charge >= 0.3 is 0 Å². The Morgan fingerprint density at radius 2 is 2.06 bits per heavy atom. The molecule has 0 saturated carbocycles. The lowest BCUT2D eigenvalue weighted by molar-refractivity contribution is 0.178. The Kier molecular flexibility index (Phi) is 7.28. The molecule has 1 unspecified atom stereocenters. The molecule has 0 spiro atoms. The minimum absolute atomic E-state index is 0.00331. The molecule has 0 heterocycles. The number of ether oxygens (including phenoxy) is 1. The fraction of sp³-hybridized carbons (Fsp3) is 0.571. The third kappa shape index (κ3) is 5.36. The monoisotopic (exact) mass is 270 g/mol. The summed E-state index contributed by atoms with van der Waals surface area (Å²) in [4.78, 5) is 2.27. The molecule has 3 nitrogen and oxygen atoms in total. The fourth-order valence-electron chi connectivity index (χ4n) is 1.88. The first kappa shape index (κ1) is 15.4. The second-order valence-electron chi connectivity index (χ2n) is 4.57. The first-order valence-electron chi connectivity index (χ1n) is 6.32. The molecule has 1 rings (SSSR count). The van der Waals surface area contributed by atoms with E-state index in [4.69, 9.17) is 22.1 Å². The molecule has 0 fully saturated rings. The van der Waals surface area contributed by atoms with Crippen LogP contribution in [0.5, 0.6) is 0 Å². The van der Waals surface area contributed by atoms with Crippen LogP contribution in [0.25, 0.3) is 0 Å². The van der Waals surface area contributed by atoms with Crippen LogP contribution in [0.4, 0.5) is 0 Å². The van der Waals surface area contributed by atoms with Crippen molar-refractivity contribution in [2.24, 2.45) is 5.73 Å². The van der Waals surface area contributed by atoms with Gasteiger partial charge in [-0.15, -0.1) is 0 Å².